The Morgan fingerprint density at radius 2 is 1.03 bits per heavy atom. The molecule has 542 valence electrons. The summed E-state index contributed by atoms with van der Waals surface area (Å²) in [5.41, 5.74) is 0. The summed E-state index contributed by atoms with van der Waals surface area (Å²) in [7, 11) is 12.4. The highest BCUT2D eigenvalue weighted by atomic mass is 16.6. The number of carbonyl (C=O) groups excluding carboxylic acids is 10. The molecule has 26 nitrogen and oxygen atoms in total. The van der Waals surface area contributed by atoms with Crippen molar-refractivity contribution in [2.75, 3.05) is 102 Å². The summed E-state index contributed by atoms with van der Waals surface area (Å²) < 4.78 is 18.7. The SMILES string of the molecule is CC=CCC(C)C1OC(C)C2C(=O)N(C)C1C(=O)NC(CC)C(=O)N(C)C(C)C(=O)N(C)C(C(C)CN1CCN(CCOC)CC1)C1OC1NC(C(C)C)C(=O)N(C)C(CC(C)C)C(=O)NC(C)C(=O)NC(C)C(=O)N(C)C(CC(C)C)C(=O)N(C)C(CC(C)C)C(=O)N2C. The Morgan fingerprint density at radius 3 is 1.56 bits per heavy atom. The average Bonchev–Trinajstić information content (AvgIpc) is 1.66. The minimum atomic E-state index is -1.31. The van der Waals surface area contributed by atoms with Crippen LogP contribution in [0.3, 0.4) is 0 Å². The first-order valence-electron chi connectivity index (χ1n) is 34.8. The summed E-state index contributed by atoms with van der Waals surface area (Å²) in [5.74, 6) is -6.92. The van der Waals surface area contributed by atoms with Gasteiger partial charge in [-0.1, -0.05) is 88.3 Å². The number of epoxide rings is 1. The lowest BCUT2D eigenvalue weighted by Crippen LogP contribution is -2.62. The molecule has 0 saturated carbocycles. The van der Waals surface area contributed by atoms with Crippen LogP contribution in [0, 0.1) is 35.5 Å². The van der Waals surface area contributed by atoms with Gasteiger partial charge in [0.2, 0.25) is 59.1 Å². The van der Waals surface area contributed by atoms with Gasteiger partial charge in [-0.3, -0.25) is 58.2 Å². The molecule has 0 aromatic rings. The van der Waals surface area contributed by atoms with Gasteiger partial charge in [0, 0.05) is 95.7 Å². The fourth-order valence-corrected chi connectivity index (χ4v) is 13.6. The number of piperazine rings is 1. The molecule has 10 amide bonds. The molecule has 4 rings (SSSR count). The quantitative estimate of drug-likeness (QED) is 0.120. The van der Waals surface area contributed by atoms with Crippen LogP contribution in [0.5, 0.6) is 0 Å². The van der Waals surface area contributed by atoms with Gasteiger partial charge in [-0.05, 0) is 102 Å². The molecule has 4 saturated heterocycles. The Balaban J connectivity index is 1.88. The first kappa shape index (κ1) is 81.6. The predicted molar refractivity (Wildman–Crippen MR) is 365 cm³/mol. The summed E-state index contributed by atoms with van der Waals surface area (Å²) in [6.45, 7) is 34.3. The van der Waals surface area contributed by atoms with Crippen LogP contribution in [0.25, 0.3) is 0 Å². The van der Waals surface area contributed by atoms with Gasteiger partial charge in [0.05, 0.1) is 30.9 Å². The van der Waals surface area contributed by atoms with E-state index in [0.717, 1.165) is 32.7 Å². The van der Waals surface area contributed by atoms with Crippen molar-refractivity contribution < 1.29 is 62.2 Å². The summed E-state index contributed by atoms with van der Waals surface area (Å²) in [5, 5.41) is 11.9. The van der Waals surface area contributed by atoms with E-state index in [-0.39, 0.29) is 61.2 Å². The van der Waals surface area contributed by atoms with Crippen molar-refractivity contribution in [1.82, 2.24) is 65.4 Å². The Kier molecular flexibility index (Phi) is 31.5. The van der Waals surface area contributed by atoms with Crippen molar-refractivity contribution in [3.8, 4) is 0 Å². The van der Waals surface area contributed by atoms with Crippen LogP contribution in [0.2, 0.25) is 0 Å². The molecule has 4 heterocycles. The average molecular weight is 1340 g/mol. The molecule has 0 aliphatic carbocycles. The highest BCUT2D eigenvalue weighted by Gasteiger charge is 2.54. The number of likely N-dealkylation sites (N-methyl/N-ethyl adjacent to an activating group) is 7. The number of hydrogen-bond donors (Lipinski definition) is 4. The zero-order valence-corrected chi connectivity index (χ0v) is 62.1. The van der Waals surface area contributed by atoms with Gasteiger partial charge in [-0.15, -0.1) is 0 Å². The van der Waals surface area contributed by atoms with Crippen LogP contribution in [0.15, 0.2) is 12.2 Å². The van der Waals surface area contributed by atoms with Crippen LogP contribution >= 0.6 is 0 Å². The molecule has 17 unspecified atom stereocenters. The van der Waals surface area contributed by atoms with E-state index in [9.17, 15) is 24.0 Å². The van der Waals surface area contributed by atoms with Gasteiger partial charge < -0.3 is 69.4 Å². The number of carbonyl (C=O) groups is 10. The molecule has 4 fully saturated rings. The van der Waals surface area contributed by atoms with Gasteiger partial charge in [0.15, 0.2) is 0 Å². The summed E-state index contributed by atoms with van der Waals surface area (Å²) in [4.78, 5) is 163. The smallest absolute Gasteiger partial charge is 0.248 e. The van der Waals surface area contributed by atoms with Crippen molar-refractivity contribution in [3.63, 3.8) is 0 Å². The lowest BCUT2D eigenvalue weighted by Gasteiger charge is -2.40. The van der Waals surface area contributed by atoms with Gasteiger partial charge in [0.1, 0.15) is 66.7 Å². The third kappa shape index (κ3) is 21.1. The molecule has 0 spiro atoms. The molecule has 2 bridgehead atoms. The second-order valence-electron chi connectivity index (χ2n) is 29.2. The van der Waals surface area contributed by atoms with Crippen molar-refractivity contribution in [2.45, 2.75) is 234 Å². The Labute approximate surface area is 568 Å². The first-order valence-corrected chi connectivity index (χ1v) is 34.8. The second-order valence-corrected chi connectivity index (χ2v) is 29.2. The fraction of sp³-hybridized carbons (Fsp3) is 0.826. The molecular weight excluding hydrogens is 1220 g/mol. The standard InChI is InChI=1S/C69H123N13O13/c1-25-27-28-43(11)57-56-61(85)72-49(26-2)65(88)74(17)47(15)64(87)78(21)54(44(12)38-82-31-29-81(30-32-82)33-34-93-24)58-62(95-58)73-53(42(9)10)68(91)75(18)50(35-39(3)4)60(84)70-45(13)59(83)71-46(14)63(86)76(19)51(36-40(5)6)66(89)77(20)52(37-41(7)8)67(90)79(22)55(48(16)94-57)69(92)80(56)23/h25,27,39-58,62,73H,26,28-38H2,1-24H3,(H,70,84)(H,71,83)(H,72,85). The molecule has 0 aromatic carbocycles. The molecule has 0 aromatic heterocycles. The summed E-state index contributed by atoms with van der Waals surface area (Å²) >= 11 is 0. The van der Waals surface area contributed by atoms with Crippen molar-refractivity contribution in [3.05, 3.63) is 12.2 Å². The molecular formula is C69H123N13O13. The van der Waals surface area contributed by atoms with Gasteiger partial charge >= 0.3 is 0 Å². The summed E-state index contributed by atoms with van der Waals surface area (Å²) in [6.07, 6.45) is 1.68. The van der Waals surface area contributed by atoms with Crippen molar-refractivity contribution in [2.24, 2.45) is 35.5 Å². The van der Waals surface area contributed by atoms with Crippen LogP contribution in [-0.2, 0) is 62.2 Å². The normalized spacial score (nSPS) is 31.6. The van der Waals surface area contributed by atoms with Crippen LogP contribution in [0.1, 0.15) is 143 Å². The lowest BCUT2D eigenvalue weighted by molar-refractivity contribution is -0.155. The fourth-order valence-electron chi connectivity index (χ4n) is 13.6. The zero-order valence-electron chi connectivity index (χ0n) is 62.1. The maximum absolute atomic E-state index is 15.3. The number of allylic oxidation sites excluding steroid dienone is 2. The van der Waals surface area contributed by atoms with E-state index in [2.05, 4.69) is 38.0 Å². The number of nitrogens with one attached hydrogen (secondary N) is 4. The molecule has 4 aliphatic heterocycles. The predicted octanol–water partition coefficient (Wildman–Crippen LogP) is 2.48. The monoisotopic (exact) mass is 1340 g/mol. The molecule has 0 radical (unpaired) electrons. The molecule has 95 heavy (non-hydrogen) atoms. The number of fused-ring (bicyclic) bond motifs is 4. The van der Waals surface area contributed by atoms with E-state index in [1.54, 1.807) is 46.9 Å². The van der Waals surface area contributed by atoms with E-state index >= 15 is 24.0 Å². The number of ether oxygens (including phenoxy) is 3. The van der Waals surface area contributed by atoms with Gasteiger partial charge in [0.25, 0.3) is 0 Å². The lowest BCUT2D eigenvalue weighted by atomic mass is 9.92. The molecule has 26 heteroatoms. The molecule has 17 atom stereocenters. The minimum absolute atomic E-state index is 0.0723. The molecule has 4 aliphatic rings. The van der Waals surface area contributed by atoms with E-state index in [1.165, 1.54) is 78.5 Å². The minimum Gasteiger partial charge on any atom is -0.383 e. The van der Waals surface area contributed by atoms with E-state index in [4.69, 9.17) is 14.2 Å². The van der Waals surface area contributed by atoms with Crippen LogP contribution in [-0.4, -0.2) is 296 Å². The second kappa shape index (κ2) is 36.7. The van der Waals surface area contributed by atoms with E-state index in [0.29, 0.717) is 19.6 Å². The van der Waals surface area contributed by atoms with Crippen LogP contribution < -0.4 is 21.3 Å². The van der Waals surface area contributed by atoms with E-state index < -0.39 is 150 Å². The topological polar surface area (TPSA) is 279 Å². The maximum Gasteiger partial charge on any atom is 0.248 e. The third-order valence-corrected chi connectivity index (χ3v) is 19.8. The van der Waals surface area contributed by atoms with Gasteiger partial charge in [-0.2, -0.15) is 0 Å². The van der Waals surface area contributed by atoms with Crippen molar-refractivity contribution in [1.29, 1.82) is 0 Å². The highest BCUT2D eigenvalue weighted by Crippen LogP contribution is 2.34. The van der Waals surface area contributed by atoms with Gasteiger partial charge in [-0.25, -0.2) is 0 Å². The Hall–Kier alpha value is -5.80. The van der Waals surface area contributed by atoms with Crippen molar-refractivity contribution >= 4 is 59.1 Å². The number of methoxy groups -OCH3 is 1. The number of amides is 10. The highest BCUT2D eigenvalue weighted by molar-refractivity contribution is 5.99. The largest absolute Gasteiger partial charge is 0.383 e. The van der Waals surface area contributed by atoms with Crippen LogP contribution in [0.4, 0.5) is 0 Å². The number of nitrogens with zero attached hydrogens (tertiary/aromatic N) is 9. The number of rotatable bonds is 17. The zero-order chi connectivity index (χ0) is 71.9. The first-order chi connectivity index (χ1) is 44.4. The third-order valence-electron chi connectivity index (χ3n) is 19.8. The summed E-state index contributed by atoms with van der Waals surface area (Å²) in [6, 6.07) is -12.0. The maximum atomic E-state index is 15.3. The molecule has 4 N–H and O–H groups in total. The Bertz CT molecular complexity index is 2640. The number of hydrogen-bond acceptors (Lipinski definition) is 16. The van der Waals surface area contributed by atoms with E-state index in [1.807, 2.05) is 81.4 Å². The Morgan fingerprint density at radius 1 is 0.526 bits per heavy atom.